The van der Waals surface area contributed by atoms with Crippen molar-refractivity contribution in [2.45, 2.75) is 31.8 Å². The number of hydrogen-bond acceptors (Lipinski definition) is 4. The Kier molecular flexibility index (Phi) is 4.87. The van der Waals surface area contributed by atoms with E-state index >= 15 is 0 Å². The maximum absolute atomic E-state index is 12.4. The zero-order valence-corrected chi connectivity index (χ0v) is 15.3. The lowest BCUT2D eigenvalue weighted by molar-refractivity contribution is -0.384. The smallest absolute Gasteiger partial charge is 0.410 e. The van der Waals surface area contributed by atoms with Crippen LogP contribution in [-0.4, -0.2) is 28.1 Å². The van der Waals surface area contributed by atoms with Gasteiger partial charge in [0.25, 0.3) is 5.69 Å². The summed E-state index contributed by atoms with van der Waals surface area (Å²) in [5.74, 6) is 0. The highest BCUT2D eigenvalue weighted by Gasteiger charge is 2.43. The van der Waals surface area contributed by atoms with Gasteiger partial charge in [0, 0.05) is 22.7 Å². The van der Waals surface area contributed by atoms with Gasteiger partial charge in [-0.3, -0.25) is 15.0 Å². The number of amides is 1. The van der Waals surface area contributed by atoms with Crippen molar-refractivity contribution in [1.82, 2.24) is 4.90 Å². The normalized spacial score (nSPS) is 17.3. The maximum Gasteiger partial charge on any atom is 0.410 e. The Balaban J connectivity index is 1.85. The molecule has 0 N–H and O–H groups in total. The first-order chi connectivity index (χ1) is 12.3. The number of non-ortho nitro benzene ring substituents is 1. The zero-order valence-electron chi connectivity index (χ0n) is 14.5. The van der Waals surface area contributed by atoms with Gasteiger partial charge in [-0.15, -0.1) is 0 Å². The average molecular weight is 375 g/mol. The van der Waals surface area contributed by atoms with Gasteiger partial charge in [-0.2, -0.15) is 0 Å². The summed E-state index contributed by atoms with van der Waals surface area (Å²) in [5.41, 5.74) is 1.32. The quantitative estimate of drug-likeness (QED) is 0.558. The number of carbonyl (C=O) groups excluding carboxylic acids is 1. The maximum atomic E-state index is 12.4. The molecule has 0 aliphatic carbocycles. The largest absolute Gasteiger partial charge is 0.447 e. The van der Waals surface area contributed by atoms with E-state index in [0.29, 0.717) is 11.4 Å². The van der Waals surface area contributed by atoms with E-state index in [1.54, 1.807) is 23.1 Å². The second kappa shape index (κ2) is 6.96. The lowest BCUT2D eigenvalue weighted by atomic mass is 9.90. The molecule has 26 heavy (non-hydrogen) atoms. The van der Waals surface area contributed by atoms with E-state index in [1.165, 1.54) is 12.1 Å². The van der Waals surface area contributed by atoms with Crippen LogP contribution in [0.2, 0.25) is 5.02 Å². The van der Waals surface area contributed by atoms with Gasteiger partial charge in [0.1, 0.15) is 6.61 Å². The second-order valence-electron chi connectivity index (χ2n) is 6.93. The summed E-state index contributed by atoms with van der Waals surface area (Å²) in [7, 11) is 0. The Morgan fingerprint density at radius 2 is 1.96 bits per heavy atom. The van der Waals surface area contributed by atoms with Crippen LogP contribution in [0.1, 0.15) is 31.0 Å². The van der Waals surface area contributed by atoms with Crippen LogP contribution in [0.3, 0.4) is 0 Å². The molecule has 1 saturated heterocycles. The van der Waals surface area contributed by atoms with Gasteiger partial charge in [-0.1, -0.05) is 35.9 Å². The number of halogens is 1. The topological polar surface area (TPSA) is 72.7 Å². The third-order valence-electron chi connectivity index (χ3n) is 4.54. The van der Waals surface area contributed by atoms with Crippen molar-refractivity contribution < 1.29 is 14.5 Å². The first-order valence-electron chi connectivity index (χ1n) is 8.23. The van der Waals surface area contributed by atoms with Gasteiger partial charge < -0.3 is 4.74 Å². The van der Waals surface area contributed by atoms with Crippen molar-refractivity contribution in [2.24, 2.45) is 0 Å². The summed E-state index contributed by atoms with van der Waals surface area (Å²) in [5, 5.41) is 11.4. The van der Waals surface area contributed by atoms with E-state index in [9.17, 15) is 14.9 Å². The van der Waals surface area contributed by atoms with Gasteiger partial charge in [-0.25, -0.2) is 4.79 Å². The van der Waals surface area contributed by atoms with Crippen LogP contribution < -0.4 is 0 Å². The number of cyclic esters (lactones) is 1. The van der Waals surface area contributed by atoms with Crippen LogP contribution in [0.5, 0.6) is 0 Å². The number of ether oxygens (including phenoxy) is 1. The van der Waals surface area contributed by atoms with Crippen LogP contribution in [0.25, 0.3) is 0 Å². The van der Waals surface area contributed by atoms with E-state index in [4.69, 9.17) is 16.3 Å². The van der Waals surface area contributed by atoms with E-state index in [-0.39, 0.29) is 24.4 Å². The Bertz CT molecular complexity index is 836. The number of carbonyl (C=O) groups is 1. The third-order valence-corrected chi connectivity index (χ3v) is 4.78. The van der Waals surface area contributed by atoms with Crippen molar-refractivity contribution in [1.29, 1.82) is 0 Å². The molecule has 1 fully saturated rings. The molecule has 136 valence electrons. The summed E-state index contributed by atoms with van der Waals surface area (Å²) < 4.78 is 5.30. The van der Waals surface area contributed by atoms with Crippen molar-refractivity contribution in [3.63, 3.8) is 0 Å². The van der Waals surface area contributed by atoms with Gasteiger partial charge in [0.05, 0.1) is 11.0 Å². The SMILES string of the molecule is CC(C)(Cc1ccc([N+](=O)[O-])cc1)N1C(=O)OC[C@H]1c1cccc(Cl)c1. The van der Waals surface area contributed by atoms with Crippen molar-refractivity contribution in [3.8, 4) is 0 Å². The van der Waals surface area contributed by atoms with E-state index < -0.39 is 10.5 Å². The predicted octanol–water partition coefficient (Wildman–Crippen LogP) is 4.76. The number of rotatable bonds is 5. The van der Waals surface area contributed by atoms with E-state index in [1.807, 2.05) is 32.0 Å². The van der Waals surface area contributed by atoms with Crippen LogP contribution in [-0.2, 0) is 11.2 Å². The Labute approximate surface area is 156 Å². The minimum Gasteiger partial charge on any atom is -0.447 e. The van der Waals surface area contributed by atoms with Crippen molar-refractivity contribution >= 4 is 23.4 Å². The molecule has 3 rings (SSSR count). The summed E-state index contributed by atoms with van der Waals surface area (Å²) in [6, 6.07) is 13.6. The predicted molar refractivity (Wildman–Crippen MR) is 98.3 cm³/mol. The third kappa shape index (κ3) is 3.65. The van der Waals surface area contributed by atoms with E-state index in [0.717, 1.165) is 11.1 Å². The standard InChI is InChI=1S/C19H19ClN2O4/c1-19(2,11-13-6-8-16(9-7-13)22(24)25)21-17(12-26-18(21)23)14-4-3-5-15(20)10-14/h3-10,17H,11-12H2,1-2H3/t17-/m0/s1. The average Bonchev–Trinajstić information content (AvgIpc) is 2.97. The zero-order chi connectivity index (χ0) is 18.9. The summed E-state index contributed by atoms with van der Waals surface area (Å²) in [4.78, 5) is 24.5. The minimum atomic E-state index is -0.545. The molecule has 0 bridgehead atoms. The molecule has 0 radical (unpaired) electrons. The molecule has 1 aliphatic rings. The number of hydrogen-bond donors (Lipinski definition) is 0. The number of benzene rings is 2. The highest BCUT2D eigenvalue weighted by Crippen LogP contribution is 2.36. The fraction of sp³-hybridized carbons (Fsp3) is 0.316. The van der Waals surface area contributed by atoms with Crippen LogP contribution >= 0.6 is 11.6 Å². The van der Waals surface area contributed by atoms with Gasteiger partial charge in [0.15, 0.2) is 0 Å². The molecule has 0 aromatic heterocycles. The highest BCUT2D eigenvalue weighted by atomic mass is 35.5. The summed E-state index contributed by atoms with van der Waals surface area (Å²) in [6.45, 7) is 4.18. The Morgan fingerprint density at radius 1 is 1.27 bits per heavy atom. The molecule has 6 nitrogen and oxygen atoms in total. The summed E-state index contributed by atoms with van der Waals surface area (Å²) >= 11 is 6.09. The molecule has 2 aromatic carbocycles. The van der Waals surface area contributed by atoms with Gasteiger partial charge >= 0.3 is 6.09 Å². The highest BCUT2D eigenvalue weighted by molar-refractivity contribution is 6.30. The van der Waals surface area contributed by atoms with Crippen molar-refractivity contribution in [3.05, 3.63) is 74.8 Å². The fourth-order valence-electron chi connectivity index (χ4n) is 3.37. The minimum absolute atomic E-state index is 0.0453. The fourth-order valence-corrected chi connectivity index (χ4v) is 3.57. The lowest BCUT2D eigenvalue weighted by Gasteiger charge is -2.38. The lowest BCUT2D eigenvalue weighted by Crippen LogP contribution is -2.47. The molecule has 2 aromatic rings. The molecule has 0 unspecified atom stereocenters. The molecule has 0 saturated carbocycles. The van der Waals surface area contributed by atoms with E-state index in [2.05, 4.69) is 0 Å². The molecule has 0 spiro atoms. The molecular weight excluding hydrogens is 356 g/mol. The monoisotopic (exact) mass is 374 g/mol. The first-order valence-corrected chi connectivity index (χ1v) is 8.60. The van der Waals surface area contributed by atoms with Crippen molar-refractivity contribution in [2.75, 3.05) is 6.61 Å². The molecule has 1 heterocycles. The van der Waals surface area contributed by atoms with Gasteiger partial charge in [-0.05, 0) is 43.5 Å². The molecule has 7 heteroatoms. The second-order valence-corrected chi connectivity index (χ2v) is 7.37. The summed E-state index contributed by atoms with van der Waals surface area (Å²) in [6.07, 6.45) is 0.166. The van der Waals surface area contributed by atoms with Crippen LogP contribution in [0.15, 0.2) is 48.5 Å². The first kappa shape index (κ1) is 18.2. The molecule has 1 atom stereocenters. The number of nitro groups is 1. The number of nitrogens with zero attached hydrogens (tertiary/aromatic N) is 2. The Hall–Kier alpha value is -2.60. The van der Waals surface area contributed by atoms with Crippen LogP contribution in [0, 0.1) is 10.1 Å². The molecular formula is C19H19ClN2O4. The van der Waals surface area contributed by atoms with Gasteiger partial charge in [0.2, 0.25) is 0 Å². The van der Waals surface area contributed by atoms with Crippen LogP contribution in [0.4, 0.5) is 10.5 Å². The molecule has 1 aliphatic heterocycles. The number of nitro benzene ring substituents is 1. The Morgan fingerprint density at radius 3 is 2.58 bits per heavy atom. The molecule has 1 amide bonds.